The molecule has 0 bridgehead atoms. The average molecular weight is 631 g/mol. The number of ether oxygens (including phenoxy) is 4. The summed E-state index contributed by atoms with van der Waals surface area (Å²) in [5.41, 5.74) is 5.70. The molecular weight excluding hydrogens is 592 g/mol. The quantitative estimate of drug-likeness (QED) is 0.0630. The number of esters is 3. The number of carbonyl (C=O) groups is 3. The lowest BCUT2D eigenvalue weighted by Gasteiger charge is -2.18. The average Bonchev–Trinajstić information content (AvgIpc) is 3.06. The number of benzene rings is 4. The molecular formula is C40H38O7. The standard InChI is InChI=1S/C40H38O7/c1-8-9-22-44-36-23-35(30-12-10-28(11-13-30)29-14-18-32(19-15-29)45-38(41)25(2)3)37(47-40(43)27(6)7)24-34(36)31-16-20-33(21-17-31)46-39(42)26(4)5/h10-21,23-24H,2,4,6,8-9,22H2,1,3,5,7H3. The van der Waals surface area contributed by atoms with Crippen LogP contribution in [0.5, 0.6) is 23.0 Å². The Morgan fingerprint density at radius 3 is 1.34 bits per heavy atom. The van der Waals surface area contributed by atoms with E-state index in [4.69, 9.17) is 18.9 Å². The molecule has 0 saturated heterocycles. The lowest BCUT2D eigenvalue weighted by molar-refractivity contribution is -0.130. The van der Waals surface area contributed by atoms with Crippen LogP contribution in [0.15, 0.2) is 121 Å². The van der Waals surface area contributed by atoms with Gasteiger partial charge in [-0.2, -0.15) is 0 Å². The molecule has 0 aliphatic carbocycles. The summed E-state index contributed by atoms with van der Waals surface area (Å²) in [6, 6.07) is 25.7. The van der Waals surface area contributed by atoms with E-state index in [2.05, 4.69) is 26.7 Å². The van der Waals surface area contributed by atoms with Crippen LogP contribution in [0.3, 0.4) is 0 Å². The van der Waals surface area contributed by atoms with Gasteiger partial charge in [0.25, 0.3) is 0 Å². The van der Waals surface area contributed by atoms with E-state index in [1.807, 2.05) is 54.6 Å². The summed E-state index contributed by atoms with van der Waals surface area (Å²) >= 11 is 0. The minimum absolute atomic E-state index is 0.261. The first-order valence-electron chi connectivity index (χ1n) is 15.2. The van der Waals surface area contributed by atoms with Crippen LogP contribution in [0.4, 0.5) is 0 Å². The third-order valence-corrected chi connectivity index (χ3v) is 7.06. The van der Waals surface area contributed by atoms with Crippen molar-refractivity contribution < 1.29 is 33.3 Å². The van der Waals surface area contributed by atoms with Gasteiger partial charge in [-0.05, 0) is 85.8 Å². The fourth-order valence-electron chi connectivity index (χ4n) is 4.38. The predicted octanol–water partition coefficient (Wildman–Crippen LogP) is 9.31. The number of hydrogen-bond acceptors (Lipinski definition) is 7. The molecule has 0 spiro atoms. The highest BCUT2D eigenvalue weighted by atomic mass is 16.5. The Bertz CT molecular complexity index is 1810. The first-order chi connectivity index (χ1) is 22.5. The zero-order chi connectivity index (χ0) is 34.1. The van der Waals surface area contributed by atoms with Crippen molar-refractivity contribution in [2.24, 2.45) is 0 Å². The van der Waals surface area contributed by atoms with Gasteiger partial charge in [-0.25, -0.2) is 14.4 Å². The Kier molecular flexibility index (Phi) is 11.3. The van der Waals surface area contributed by atoms with E-state index < -0.39 is 17.9 Å². The van der Waals surface area contributed by atoms with E-state index in [1.54, 1.807) is 51.1 Å². The first-order valence-corrected chi connectivity index (χ1v) is 15.2. The van der Waals surface area contributed by atoms with Crippen LogP contribution in [0, 0.1) is 0 Å². The van der Waals surface area contributed by atoms with E-state index in [-0.39, 0.29) is 5.57 Å². The maximum absolute atomic E-state index is 12.8. The Morgan fingerprint density at radius 2 is 0.894 bits per heavy atom. The molecule has 0 aromatic heterocycles. The number of unbranched alkanes of at least 4 members (excludes halogenated alkanes) is 1. The summed E-state index contributed by atoms with van der Waals surface area (Å²) in [7, 11) is 0. The molecule has 47 heavy (non-hydrogen) atoms. The third kappa shape index (κ3) is 8.95. The van der Waals surface area contributed by atoms with Gasteiger partial charge in [0.2, 0.25) is 0 Å². The summed E-state index contributed by atoms with van der Waals surface area (Å²) in [5.74, 6) is 0.221. The molecule has 7 nitrogen and oxygen atoms in total. The number of hydrogen-bond donors (Lipinski definition) is 0. The molecule has 7 heteroatoms. The van der Waals surface area contributed by atoms with Gasteiger partial charge in [0.15, 0.2) is 0 Å². The molecule has 4 rings (SSSR count). The molecule has 0 fully saturated rings. The van der Waals surface area contributed by atoms with Crippen molar-refractivity contribution in [3.05, 3.63) is 121 Å². The second-order valence-electron chi connectivity index (χ2n) is 11.2. The monoisotopic (exact) mass is 630 g/mol. The van der Waals surface area contributed by atoms with Crippen LogP contribution < -0.4 is 18.9 Å². The zero-order valence-electron chi connectivity index (χ0n) is 27.2. The summed E-state index contributed by atoms with van der Waals surface area (Å²) in [6.07, 6.45) is 1.81. The lowest BCUT2D eigenvalue weighted by atomic mass is 9.96. The van der Waals surface area contributed by atoms with Gasteiger partial charge in [-0.1, -0.05) is 81.6 Å². The van der Waals surface area contributed by atoms with E-state index in [0.717, 1.165) is 35.1 Å². The molecule has 0 atom stereocenters. The highest BCUT2D eigenvalue weighted by Crippen LogP contribution is 2.42. The van der Waals surface area contributed by atoms with Crippen molar-refractivity contribution in [2.75, 3.05) is 6.61 Å². The van der Waals surface area contributed by atoms with Crippen LogP contribution in [-0.4, -0.2) is 24.5 Å². The molecule has 4 aromatic carbocycles. The summed E-state index contributed by atoms with van der Waals surface area (Å²) < 4.78 is 22.8. The van der Waals surface area contributed by atoms with Crippen LogP contribution in [0.25, 0.3) is 33.4 Å². The molecule has 4 aromatic rings. The van der Waals surface area contributed by atoms with Gasteiger partial charge in [-0.15, -0.1) is 0 Å². The van der Waals surface area contributed by atoms with Crippen molar-refractivity contribution >= 4 is 17.9 Å². The fraction of sp³-hybridized carbons (Fsp3) is 0.175. The van der Waals surface area contributed by atoms with Gasteiger partial charge in [-0.3, -0.25) is 0 Å². The Labute approximate surface area is 275 Å². The van der Waals surface area contributed by atoms with Crippen molar-refractivity contribution in [3.8, 4) is 56.4 Å². The third-order valence-electron chi connectivity index (χ3n) is 7.06. The van der Waals surface area contributed by atoms with Crippen molar-refractivity contribution in [1.29, 1.82) is 0 Å². The number of rotatable bonds is 13. The van der Waals surface area contributed by atoms with Crippen LogP contribution in [-0.2, 0) is 14.4 Å². The molecule has 0 aliphatic rings. The Hall–Kier alpha value is -5.69. The molecule has 0 radical (unpaired) electrons. The van der Waals surface area contributed by atoms with Crippen molar-refractivity contribution in [1.82, 2.24) is 0 Å². The maximum Gasteiger partial charge on any atom is 0.338 e. The topological polar surface area (TPSA) is 88.1 Å². The highest BCUT2D eigenvalue weighted by molar-refractivity contribution is 5.92. The smallest absolute Gasteiger partial charge is 0.338 e. The largest absolute Gasteiger partial charge is 0.493 e. The van der Waals surface area contributed by atoms with E-state index in [1.165, 1.54) is 0 Å². The van der Waals surface area contributed by atoms with E-state index >= 15 is 0 Å². The second kappa shape index (κ2) is 15.5. The second-order valence-corrected chi connectivity index (χ2v) is 11.2. The van der Waals surface area contributed by atoms with Crippen LogP contribution in [0.1, 0.15) is 40.5 Å². The zero-order valence-corrected chi connectivity index (χ0v) is 27.2. The maximum atomic E-state index is 12.8. The van der Waals surface area contributed by atoms with Crippen molar-refractivity contribution in [3.63, 3.8) is 0 Å². The lowest BCUT2D eigenvalue weighted by Crippen LogP contribution is -2.10. The highest BCUT2D eigenvalue weighted by Gasteiger charge is 2.19. The SMILES string of the molecule is C=C(C)C(=O)Oc1ccc(-c2ccc(-c3cc(OCCCC)c(-c4ccc(OC(=O)C(=C)C)cc4)cc3OC(=O)C(=C)C)cc2)cc1. The Morgan fingerprint density at radius 1 is 0.532 bits per heavy atom. The molecule has 0 N–H and O–H groups in total. The van der Waals surface area contributed by atoms with Gasteiger partial charge in [0.05, 0.1) is 6.61 Å². The molecule has 0 amide bonds. The molecule has 240 valence electrons. The fourth-order valence-corrected chi connectivity index (χ4v) is 4.38. The van der Waals surface area contributed by atoms with E-state index in [0.29, 0.717) is 51.9 Å². The van der Waals surface area contributed by atoms with Crippen LogP contribution in [0.2, 0.25) is 0 Å². The van der Waals surface area contributed by atoms with Gasteiger partial charge in [0, 0.05) is 27.8 Å². The molecule has 0 heterocycles. The molecule has 0 saturated carbocycles. The summed E-state index contributed by atoms with van der Waals surface area (Å²) in [6.45, 7) is 18.3. The first kappa shape index (κ1) is 34.2. The minimum atomic E-state index is -0.553. The summed E-state index contributed by atoms with van der Waals surface area (Å²) in [4.78, 5) is 36.6. The normalized spacial score (nSPS) is 10.5. The van der Waals surface area contributed by atoms with Crippen LogP contribution >= 0.6 is 0 Å². The summed E-state index contributed by atoms with van der Waals surface area (Å²) in [5, 5.41) is 0. The number of carbonyl (C=O) groups excluding carboxylic acids is 3. The van der Waals surface area contributed by atoms with Gasteiger partial charge >= 0.3 is 17.9 Å². The Balaban J connectivity index is 1.73. The molecule has 0 unspecified atom stereocenters. The predicted molar refractivity (Wildman–Crippen MR) is 184 cm³/mol. The molecule has 0 aliphatic heterocycles. The van der Waals surface area contributed by atoms with E-state index in [9.17, 15) is 14.4 Å². The van der Waals surface area contributed by atoms with Gasteiger partial charge < -0.3 is 18.9 Å². The van der Waals surface area contributed by atoms with Crippen molar-refractivity contribution in [2.45, 2.75) is 40.5 Å². The minimum Gasteiger partial charge on any atom is -0.493 e. The van der Waals surface area contributed by atoms with Gasteiger partial charge in [0.1, 0.15) is 23.0 Å².